The summed E-state index contributed by atoms with van der Waals surface area (Å²) in [6, 6.07) is 0. The summed E-state index contributed by atoms with van der Waals surface area (Å²) >= 11 is 0. The zero-order chi connectivity index (χ0) is 16.8. The Morgan fingerprint density at radius 1 is 1.09 bits per heavy atom. The third-order valence-electron chi connectivity index (χ3n) is 3.51. The molecule has 0 aliphatic heterocycles. The molecule has 0 aliphatic rings. The molecule has 0 heterocycles. The Labute approximate surface area is 136 Å². The lowest BCUT2D eigenvalue weighted by Crippen LogP contribution is -2.33. The lowest BCUT2D eigenvalue weighted by molar-refractivity contribution is 0.427. The van der Waals surface area contributed by atoms with Crippen LogP contribution in [0.5, 0.6) is 0 Å². The molecule has 7 heteroatoms. The third-order valence-corrected chi connectivity index (χ3v) is 4.88. The molecule has 0 unspecified atom stereocenters. The van der Waals surface area contributed by atoms with Crippen LogP contribution in [0.1, 0.15) is 58.8 Å². The fourth-order valence-corrected chi connectivity index (χ4v) is 3.11. The number of guanidine groups is 1. The second-order valence-corrected chi connectivity index (χ2v) is 7.55. The van der Waals surface area contributed by atoms with E-state index in [-0.39, 0.29) is 0 Å². The Bertz CT molecular complexity index is 396. The van der Waals surface area contributed by atoms with Crippen molar-refractivity contribution < 1.29 is 8.42 Å². The molecule has 0 bridgehead atoms. The predicted molar refractivity (Wildman–Crippen MR) is 94.6 cm³/mol. The van der Waals surface area contributed by atoms with E-state index in [1.165, 1.54) is 42.7 Å². The standard InChI is InChI=1S/C15H34N4O2S/c1-4-6-7-8-9-10-12-17-15(16)18-13-11-14-19(5-2)22(3,20)21/h4-14H2,1-3H3,(H3,16,17,18). The van der Waals surface area contributed by atoms with Gasteiger partial charge in [-0.3, -0.25) is 4.99 Å². The normalized spacial score (nSPS) is 12.8. The summed E-state index contributed by atoms with van der Waals surface area (Å²) in [4.78, 5) is 4.22. The molecule has 0 radical (unpaired) electrons. The van der Waals surface area contributed by atoms with E-state index in [1.807, 2.05) is 6.92 Å². The van der Waals surface area contributed by atoms with Crippen molar-refractivity contribution in [2.45, 2.75) is 58.8 Å². The SMILES string of the molecule is CCCCCCCCNC(N)=NCCCN(CC)S(C)(=O)=O. The van der Waals surface area contributed by atoms with Crippen LogP contribution in [0, 0.1) is 0 Å². The topological polar surface area (TPSA) is 87.8 Å². The molecule has 0 atom stereocenters. The van der Waals surface area contributed by atoms with Gasteiger partial charge in [-0.15, -0.1) is 0 Å². The van der Waals surface area contributed by atoms with Crippen LogP contribution in [0.25, 0.3) is 0 Å². The van der Waals surface area contributed by atoms with E-state index >= 15 is 0 Å². The van der Waals surface area contributed by atoms with Gasteiger partial charge >= 0.3 is 0 Å². The smallest absolute Gasteiger partial charge is 0.211 e. The first-order valence-corrected chi connectivity index (χ1v) is 10.3. The maximum atomic E-state index is 11.4. The van der Waals surface area contributed by atoms with Crippen LogP contribution in [-0.2, 0) is 10.0 Å². The predicted octanol–water partition coefficient (Wildman–Crippen LogP) is 1.92. The van der Waals surface area contributed by atoms with Crippen molar-refractivity contribution in [3.63, 3.8) is 0 Å². The largest absolute Gasteiger partial charge is 0.370 e. The maximum absolute atomic E-state index is 11.4. The zero-order valence-corrected chi connectivity index (χ0v) is 15.3. The average molecular weight is 335 g/mol. The lowest BCUT2D eigenvalue weighted by Gasteiger charge is -2.16. The van der Waals surface area contributed by atoms with Crippen molar-refractivity contribution in [3.05, 3.63) is 0 Å². The van der Waals surface area contributed by atoms with Gasteiger partial charge in [0.15, 0.2) is 5.96 Å². The van der Waals surface area contributed by atoms with Gasteiger partial charge in [-0.1, -0.05) is 46.0 Å². The highest BCUT2D eigenvalue weighted by Gasteiger charge is 2.12. The molecule has 6 nitrogen and oxygen atoms in total. The molecule has 0 aliphatic carbocycles. The minimum atomic E-state index is -3.11. The van der Waals surface area contributed by atoms with Crippen LogP contribution in [0.3, 0.4) is 0 Å². The molecule has 0 saturated carbocycles. The van der Waals surface area contributed by atoms with Crippen LogP contribution in [-0.4, -0.2) is 51.1 Å². The van der Waals surface area contributed by atoms with Crippen LogP contribution in [0.4, 0.5) is 0 Å². The van der Waals surface area contributed by atoms with Gasteiger partial charge in [-0.25, -0.2) is 12.7 Å². The van der Waals surface area contributed by atoms with E-state index in [0.29, 0.717) is 32.0 Å². The molecule has 0 spiro atoms. The minimum Gasteiger partial charge on any atom is -0.370 e. The molecular formula is C15H34N4O2S. The van der Waals surface area contributed by atoms with Gasteiger partial charge in [0.05, 0.1) is 6.26 Å². The fraction of sp³-hybridized carbons (Fsp3) is 0.933. The highest BCUT2D eigenvalue weighted by atomic mass is 32.2. The number of rotatable bonds is 13. The summed E-state index contributed by atoms with van der Waals surface area (Å²) in [5, 5.41) is 3.10. The van der Waals surface area contributed by atoms with Crippen molar-refractivity contribution in [1.29, 1.82) is 0 Å². The summed E-state index contributed by atoms with van der Waals surface area (Å²) in [6.07, 6.45) is 9.43. The Kier molecular flexibility index (Phi) is 12.2. The Morgan fingerprint density at radius 2 is 1.73 bits per heavy atom. The highest BCUT2D eigenvalue weighted by molar-refractivity contribution is 7.88. The van der Waals surface area contributed by atoms with Gasteiger partial charge in [0.2, 0.25) is 10.0 Å². The summed E-state index contributed by atoms with van der Waals surface area (Å²) in [6.45, 7) is 6.43. The fourth-order valence-electron chi connectivity index (χ4n) is 2.18. The minimum absolute atomic E-state index is 0.455. The second kappa shape index (κ2) is 12.7. The quantitative estimate of drug-likeness (QED) is 0.306. The van der Waals surface area contributed by atoms with Gasteiger partial charge in [0, 0.05) is 26.2 Å². The molecule has 0 fully saturated rings. The van der Waals surface area contributed by atoms with E-state index in [1.54, 1.807) is 0 Å². The number of nitrogens with two attached hydrogens (primary N) is 1. The Morgan fingerprint density at radius 3 is 2.32 bits per heavy atom. The van der Waals surface area contributed by atoms with E-state index in [4.69, 9.17) is 5.73 Å². The molecule has 0 aromatic heterocycles. The van der Waals surface area contributed by atoms with Crippen LogP contribution < -0.4 is 11.1 Å². The van der Waals surface area contributed by atoms with Crippen molar-refractivity contribution in [2.75, 3.05) is 32.4 Å². The maximum Gasteiger partial charge on any atom is 0.211 e. The zero-order valence-electron chi connectivity index (χ0n) is 14.5. The first-order valence-electron chi connectivity index (χ1n) is 8.40. The van der Waals surface area contributed by atoms with E-state index < -0.39 is 10.0 Å². The molecule has 0 aromatic carbocycles. The molecule has 132 valence electrons. The molecular weight excluding hydrogens is 300 g/mol. The second-order valence-electron chi connectivity index (χ2n) is 5.57. The highest BCUT2D eigenvalue weighted by Crippen LogP contribution is 2.04. The number of sulfonamides is 1. The summed E-state index contributed by atoms with van der Waals surface area (Å²) in [5.74, 6) is 0.455. The average Bonchev–Trinajstić information content (AvgIpc) is 2.45. The van der Waals surface area contributed by atoms with Gasteiger partial charge < -0.3 is 11.1 Å². The van der Waals surface area contributed by atoms with E-state index in [9.17, 15) is 8.42 Å². The first kappa shape index (κ1) is 21.2. The van der Waals surface area contributed by atoms with Crippen molar-refractivity contribution in [1.82, 2.24) is 9.62 Å². The molecule has 3 N–H and O–H groups in total. The molecule has 0 saturated heterocycles. The van der Waals surface area contributed by atoms with Crippen LogP contribution in [0.2, 0.25) is 0 Å². The van der Waals surface area contributed by atoms with Crippen LogP contribution >= 0.6 is 0 Å². The number of hydrogen-bond acceptors (Lipinski definition) is 3. The van der Waals surface area contributed by atoms with Crippen molar-refractivity contribution in [2.24, 2.45) is 10.7 Å². The molecule has 0 amide bonds. The molecule has 0 rings (SSSR count). The monoisotopic (exact) mass is 334 g/mol. The van der Waals surface area contributed by atoms with Gasteiger partial charge in [0.25, 0.3) is 0 Å². The number of aliphatic imine (C=N–C) groups is 1. The van der Waals surface area contributed by atoms with Crippen LogP contribution in [0.15, 0.2) is 4.99 Å². The third kappa shape index (κ3) is 11.8. The Hall–Kier alpha value is -0.820. The number of nitrogens with one attached hydrogen (secondary N) is 1. The summed E-state index contributed by atoms with van der Waals surface area (Å²) in [7, 11) is -3.11. The summed E-state index contributed by atoms with van der Waals surface area (Å²) < 4.78 is 24.3. The number of hydrogen-bond donors (Lipinski definition) is 2. The van der Waals surface area contributed by atoms with Crippen molar-refractivity contribution >= 4 is 16.0 Å². The van der Waals surface area contributed by atoms with Gasteiger partial charge in [-0.2, -0.15) is 0 Å². The number of unbranched alkanes of at least 4 members (excludes halogenated alkanes) is 5. The van der Waals surface area contributed by atoms with Gasteiger partial charge in [-0.05, 0) is 12.8 Å². The summed E-state index contributed by atoms with van der Waals surface area (Å²) in [5.41, 5.74) is 5.78. The molecule has 0 aromatic rings. The molecule has 22 heavy (non-hydrogen) atoms. The number of nitrogens with zero attached hydrogens (tertiary/aromatic N) is 2. The van der Waals surface area contributed by atoms with E-state index in [2.05, 4.69) is 17.2 Å². The van der Waals surface area contributed by atoms with Gasteiger partial charge in [0.1, 0.15) is 0 Å². The first-order chi connectivity index (χ1) is 10.4. The van der Waals surface area contributed by atoms with Crippen molar-refractivity contribution in [3.8, 4) is 0 Å². The lowest BCUT2D eigenvalue weighted by atomic mass is 10.1. The Balaban J connectivity index is 3.68. The van der Waals surface area contributed by atoms with E-state index in [0.717, 1.165) is 13.0 Å².